The topological polar surface area (TPSA) is 22.1 Å². The Morgan fingerprint density at radius 1 is 1.50 bits per heavy atom. The SMILES string of the molecule is Cc1nc(Cl)ccc1OC1CC1. The summed E-state index contributed by atoms with van der Waals surface area (Å²) in [6.45, 7) is 1.91. The van der Waals surface area contributed by atoms with Crippen LogP contribution in [0, 0.1) is 6.92 Å². The molecule has 1 aromatic rings. The highest BCUT2D eigenvalue weighted by atomic mass is 35.5. The zero-order chi connectivity index (χ0) is 8.55. The first kappa shape index (κ1) is 7.87. The number of hydrogen-bond acceptors (Lipinski definition) is 2. The van der Waals surface area contributed by atoms with Gasteiger partial charge in [-0.25, -0.2) is 4.98 Å². The lowest BCUT2D eigenvalue weighted by Crippen LogP contribution is -1.98. The summed E-state index contributed by atoms with van der Waals surface area (Å²) in [5.41, 5.74) is 0.870. The van der Waals surface area contributed by atoms with Crippen LogP contribution in [-0.4, -0.2) is 11.1 Å². The molecule has 1 fully saturated rings. The van der Waals surface area contributed by atoms with Crippen molar-refractivity contribution in [2.45, 2.75) is 25.9 Å². The molecule has 1 aliphatic carbocycles. The number of hydrogen-bond donors (Lipinski definition) is 0. The third-order valence-corrected chi connectivity index (χ3v) is 2.03. The molecule has 0 amide bonds. The van der Waals surface area contributed by atoms with E-state index in [1.165, 1.54) is 12.8 Å². The quantitative estimate of drug-likeness (QED) is 0.658. The van der Waals surface area contributed by atoms with E-state index in [0.717, 1.165) is 11.4 Å². The Morgan fingerprint density at radius 3 is 2.83 bits per heavy atom. The molecule has 1 heterocycles. The zero-order valence-corrected chi connectivity index (χ0v) is 7.64. The fraction of sp³-hybridized carbons (Fsp3) is 0.444. The maximum Gasteiger partial charge on any atom is 0.141 e. The molecule has 0 spiro atoms. The second kappa shape index (κ2) is 2.94. The van der Waals surface area contributed by atoms with Crippen molar-refractivity contribution in [1.82, 2.24) is 4.98 Å². The zero-order valence-electron chi connectivity index (χ0n) is 6.88. The van der Waals surface area contributed by atoms with Crippen LogP contribution in [0.5, 0.6) is 5.75 Å². The standard InChI is InChI=1S/C9H10ClNO/c1-6-8(12-7-2-3-7)4-5-9(10)11-6/h4-5,7H,2-3H2,1H3. The van der Waals surface area contributed by atoms with Gasteiger partial charge in [0.2, 0.25) is 0 Å². The second-order valence-corrected chi connectivity index (χ2v) is 3.42. The van der Waals surface area contributed by atoms with Crippen LogP contribution in [0.1, 0.15) is 18.5 Å². The average Bonchev–Trinajstić information content (AvgIpc) is 2.79. The van der Waals surface area contributed by atoms with Gasteiger partial charge in [-0.1, -0.05) is 11.6 Å². The Kier molecular flexibility index (Phi) is 1.93. The van der Waals surface area contributed by atoms with Crippen LogP contribution in [0.15, 0.2) is 12.1 Å². The summed E-state index contributed by atoms with van der Waals surface area (Å²) < 4.78 is 5.59. The van der Waals surface area contributed by atoms with Gasteiger partial charge in [-0.2, -0.15) is 0 Å². The van der Waals surface area contributed by atoms with E-state index in [9.17, 15) is 0 Å². The van der Waals surface area contributed by atoms with Crippen molar-refractivity contribution in [2.24, 2.45) is 0 Å². The minimum atomic E-state index is 0.423. The number of halogens is 1. The highest BCUT2D eigenvalue weighted by molar-refractivity contribution is 6.29. The predicted molar refractivity (Wildman–Crippen MR) is 47.6 cm³/mol. The van der Waals surface area contributed by atoms with E-state index in [1.54, 1.807) is 6.07 Å². The third kappa shape index (κ3) is 1.69. The first-order chi connectivity index (χ1) is 5.75. The van der Waals surface area contributed by atoms with E-state index in [0.29, 0.717) is 11.3 Å². The molecular formula is C9H10ClNO. The molecule has 1 aliphatic rings. The second-order valence-electron chi connectivity index (χ2n) is 3.03. The Balaban J connectivity index is 2.18. The van der Waals surface area contributed by atoms with Gasteiger partial charge in [0.15, 0.2) is 0 Å². The molecule has 0 saturated heterocycles. The van der Waals surface area contributed by atoms with Crippen LogP contribution in [-0.2, 0) is 0 Å². The Labute approximate surface area is 76.5 Å². The van der Waals surface area contributed by atoms with E-state index in [1.807, 2.05) is 13.0 Å². The molecule has 2 nitrogen and oxygen atoms in total. The molecule has 0 aliphatic heterocycles. The highest BCUT2D eigenvalue weighted by Crippen LogP contribution is 2.28. The molecule has 1 aromatic heterocycles. The maximum atomic E-state index is 5.70. The normalized spacial score (nSPS) is 16.2. The van der Waals surface area contributed by atoms with Crippen molar-refractivity contribution < 1.29 is 4.74 Å². The molecule has 3 heteroatoms. The summed E-state index contributed by atoms with van der Waals surface area (Å²) in [4.78, 5) is 4.09. The number of ether oxygens (including phenoxy) is 1. The van der Waals surface area contributed by atoms with Crippen LogP contribution in [0.4, 0.5) is 0 Å². The fourth-order valence-electron chi connectivity index (χ4n) is 1.01. The molecule has 0 atom stereocenters. The maximum absolute atomic E-state index is 5.70. The summed E-state index contributed by atoms with van der Waals surface area (Å²) in [5, 5.41) is 0.524. The van der Waals surface area contributed by atoms with E-state index in [4.69, 9.17) is 16.3 Å². The van der Waals surface area contributed by atoms with E-state index < -0.39 is 0 Å². The third-order valence-electron chi connectivity index (χ3n) is 1.82. The predicted octanol–water partition coefficient (Wildman–Crippen LogP) is 2.58. The van der Waals surface area contributed by atoms with Crippen LogP contribution >= 0.6 is 11.6 Å². The van der Waals surface area contributed by atoms with Gasteiger partial charge in [0.05, 0.1) is 11.8 Å². The van der Waals surface area contributed by atoms with Gasteiger partial charge in [0.25, 0.3) is 0 Å². The summed E-state index contributed by atoms with van der Waals surface area (Å²) >= 11 is 5.70. The molecule has 0 bridgehead atoms. The first-order valence-electron chi connectivity index (χ1n) is 4.05. The number of nitrogens with zero attached hydrogens (tertiary/aromatic N) is 1. The van der Waals surface area contributed by atoms with Crippen molar-refractivity contribution in [3.05, 3.63) is 23.0 Å². The van der Waals surface area contributed by atoms with Crippen molar-refractivity contribution in [3.63, 3.8) is 0 Å². The lowest BCUT2D eigenvalue weighted by molar-refractivity contribution is 0.299. The number of pyridine rings is 1. The molecule has 12 heavy (non-hydrogen) atoms. The van der Waals surface area contributed by atoms with Gasteiger partial charge in [-0.05, 0) is 31.9 Å². The van der Waals surface area contributed by atoms with E-state index in [2.05, 4.69) is 4.98 Å². The highest BCUT2D eigenvalue weighted by Gasteiger charge is 2.24. The van der Waals surface area contributed by atoms with Gasteiger partial charge < -0.3 is 4.74 Å². The van der Waals surface area contributed by atoms with Crippen LogP contribution < -0.4 is 4.74 Å². The van der Waals surface area contributed by atoms with Gasteiger partial charge in [0.1, 0.15) is 10.9 Å². The van der Waals surface area contributed by atoms with Crippen molar-refractivity contribution in [3.8, 4) is 5.75 Å². The van der Waals surface area contributed by atoms with Crippen LogP contribution in [0.3, 0.4) is 0 Å². The summed E-state index contributed by atoms with van der Waals surface area (Å²) in [5.74, 6) is 0.863. The van der Waals surface area contributed by atoms with E-state index >= 15 is 0 Å². The van der Waals surface area contributed by atoms with Gasteiger partial charge >= 0.3 is 0 Å². The lowest BCUT2D eigenvalue weighted by Gasteiger charge is -2.06. The first-order valence-corrected chi connectivity index (χ1v) is 4.43. The summed E-state index contributed by atoms with van der Waals surface area (Å²) in [7, 11) is 0. The van der Waals surface area contributed by atoms with Crippen molar-refractivity contribution in [2.75, 3.05) is 0 Å². The molecule has 1 saturated carbocycles. The number of rotatable bonds is 2. The molecule has 0 aromatic carbocycles. The minimum absolute atomic E-state index is 0.423. The monoisotopic (exact) mass is 183 g/mol. The molecule has 0 N–H and O–H groups in total. The van der Waals surface area contributed by atoms with Crippen LogP contribution in [0.25, 0.3) is 0 Å². The van der Waals surface area contributed by atoms with Gasteiger partial charge in [-0.15, -0.1) is 0 Å². The van der Waals surface area contributed by atoms with Crippen molar-refractivity contribution >= 4 is 11.6 Å². The van der Waals surface area contributed by atoms with Crippen LogP contribution in [0.2, 0.25) is 5.15 Å². The minimum Gasteiger partial charge on any atom is -0.489 e. The molecule has 64 valence electrons. The smallest absolute Gasteiger partial charge is 0.141 e. The average molecular weight is 184 g/mol. The van der Waals surface area contributed by atoms with Gasteiger partial charge in [-0.3, -0.25) is 0 Å². The largest absolute Gasteiger partial charge is 0.489 e. The number of aromatic nitrogens is 1. The fourth-order valence-corrected chi connectivity index (χ4v) is 1.20. The Bertz CT molecular complexity index is 297. The molecular weight excluding hydrogens is 174 g/mol. The van der Waals surface area contributed by atoms with Gasteiger partial charge in [0, 0.05) is 0 Å². The molecule has 2 rings (SSSR count). The molecule has 0 radical (unpaired) electrons. The summed E-state index contributed by atoms with van der Waals surface area (Å²) in [6.07, 6.45) is 2.76. The van der Waals surface area contributed by atoms with E-state index in [-0.39, 0.29) is 0 Å². The number of aryl methyl sites for hydroxylation is 1. The van der Waals surface area contributed by atoms with Crippen molar-refractivity contribution in [1.29, 1.82) is 0 Å². The Morgan fingerprint density at radius 2 is 2.25 bits per heavy atom. The summed E-state index contributed by atoms with van der Waals surface area (Å²) in [6, 6.07) is 3.63. The molecule has 0 unspecified atom stereocenters. The Hall–Kier alpha value is -0.760. The lowest BCUT2D eigenvalue weighted by atomic mass is 10.3.